The summed E-state index contributed by atoms with van der Waals surface area (Å²) in [5, 5.41) is 21.6. The summed E-state index contributed by atoms with van der Waals surface area (Å²) in [5.74, 6) is 0. The van der Waals surface area contributed by atoms with Crippen LogP contribution in [0.2, 0.25) is 0 Å². The van der Waals surface area contributed by atoms with Crippen LogP contribution in [0, 0.1) is 10.1 Å². The van der Waals surface area contributed by atoms with Crippen LogP contribution < -0.4 is 0 Å². The van der Waals surface area contributed by atoms with E-state index >= 15 is 0 Å². The lowest BCUT2D eigenvalue weighted by Crippen LogP contribution is -2.05. The van der Waals surface area contributed by atoms with Gasteiger partial charge >= 0.3 is 6.18 Å². The fourth-order valence-electron chi connectivity index (χ4n) is 0.959. The van der Waals surface area contributed by atoms with Crippen LogP contribution >= 0.6 is 12.0 Å². The third-order valence-corrected chi connectivity index (χ3v) is 2.29. The average Bonchev–Trinajstić information content (AvgIpc) is 2.24. The molecule has 0 aromatic heterocycles. The maximum absolute atomic E-state index is 12.3. The summed E-state index contributed by atoms with van der Waals surface area (Å²) in [6.45, 7) is 0. The monoisotopic (exact) mass is 271 g/mol. The quantitative estimate of drug-likeness (QED) is 0.392. The number of hydrogen-bond acceptors (Lipinski definition) is 6. The first kappa shape index (κ1) is 13.7. The fraction of sp³-hybridized carbons (Fsp3) is 0.143. The molecule has 0 atom stereocenters. The van der Waals surface area contributed by atoms with E-state index in [1.165, 1.54) is 0 Å². The summed E-state index contributed by atoms with van der Waals surface area (Å²) >= 11 is 0.213. The maximum Gasteiger partial charge on any atom is 0.416 e. The van der Waals surface area contributed by atoms with E-state index in [2.05, 4.69) is 9.37 Å². The number of benzene rings is 1. The Bertz CT molecular complexity index is 424. The number of nitro groups is 1. The van der Waals surface area contributed by atoms with Gasteiger partial charge in [0.15, 0.2) is 0 Å². The highest BCUT2D eigenvalue weighted by atomic mass is 32.2. The van der Waals surface area contributed by atoms with Crippen molar-refractivity contribution in [1.82, 2.24) is 0 Å². The first-order valence-corrected chi connectivity index (χ1v) is 4.61. The molecule has 0 heterocycles. The van der Waals surface area contributed by atoms with Crippen molar-refractivity contribution in [2.75, 3.05) is 0 Å². The van der Waals surface area contributed by atoms with E-state index in [-0.39, 0.29) is 16.9 Å². The molecule has 94 valence electrons. The number of nitrogens with zero attached hydrogens (tertiary/aromatic N) is 1. The van der Waals surface area contributed by atoms with Crippen LogP contribution in [0.5, 0.6) is 0 Å². The maximum atomic E-state index is 12.3. The van der Waals surface area contributed by atoms with E-state index in [4.69, 9.17) is 5.26 Å². The van der Waals surface area contributed by atoms with E-state index < -0.39 is 22.4 Å². The predicted molar refractivity (Wildman–Crippen MR) is 48.8 cm³/mol. The molecule has 10 heteroatoms. The Morgan fingerprint density at radius 1 is 1.41 bits per heavy atom. The minimum absolute atomic E-state index is 0.213. The number of nitro benzene ring substituents is 1. The molecule has 0 spiro atoms. The summed E-state index contributed by atoms with van der Waals surface area (Å²) < 4.78 is 40.8. The third-order valence-electron chi connectivity index (χ3n) is 1.64. The Kier molecular flexibility index (Phi) is 4.28. The molecule has 1 aromatic rings. The second-order valence-electron chi connectivity index (χ2n) is 2.66. The Balaban J connectivity index is 3.13. The van der Waals surface area contributed by atoms with Gasteiger partial charge in [-0.3, -0.25) is 10.1 Å². The van der Waals surface area contributed by atoms with Gasteiger partial charge in [-0.1, -0.05) is 5.04 Å². The van der Waals surface area contributed by atoms with Crippen LogP contribution in [-0.4, -0.2) is 10.2 Å². The predicted octanol–water partition coefficient (Wildman–Crippen LogP) is 3.04. The molecule has 1 N–H and O–H groups in total. The molecule has 0 aliphatic heterocycles. The molecule has 0 aliphatic rings. The topological polar surface area (TPSA) is 81.8 Å². The van der Waals surface area contributed by atoms with Crippen LogP contribution in [-0.2, 0) is 15.5 Å². The van der Waals surface area contributed by atoms with Gasteiger partial charge in [-0.15, -0.1) is 4.33 Å². The van der Waals surface area contributed by atoms with Gasteiger partial charge in [-0.25, -0.2) is 5.26 Å². The van der Waals surface area contributed by atoms with Crippen molar-refractivity contribution in [3.63, 3.8) is 0 Å². The molecule has 0 unspecified atom stereocenters. The van der Waals surface area contributed by atoms with Crippen molar-refractivity contribution in [3.05, 3.63) is 33.9 Å². The first-order valence-electron chi connectivity index (χ1n) is 3.86. The Labute approximate surface area is 96.2 Å². The summed E-state index contributed by atoms with van der Waals surface area (Å²) in [7, 11) is 0. The Morgan fingerprint density at radius 2 is 2.06 bits per heavy atom. The lowest BCUT2D eigenvalue weighted by molar-refractivity contribution is -0.432. The highest BCUT2D eigenvalue weighted by Crippen LogP contribution is 2.36. The zero-order valence-electron chi connectivity index (χ0n) is 7.80. The second kappa shape index (κ2) is 5.31. The minimum atomic E-state index is -4.68. The van der Waals surface area contributed by atoms with Crippen molar-refractivity contribution >= 4 is 17.7 Å². The van der Waals surface area contributed by atoms with E-state index in [9.17, 15) is 23.3 Å². The molecule has 0 fully saturated rings. The van der Waals surface area contributed by atoms with Gasteiger partial charge in [0, 0.05) is 6.07 Å². The zero-order valence-corrected chi connectivity index (χ0v) is 8.62. The van der Waals surface area contributed by atoms with Gasteiger partial charge in [0.05, 0.1) is 22.5 Å². The van der Waals surface area contributed by atoms with E-state index in [0.717, 1.165) is 6.07 Å². The molecular weight excluding hydrogens is 267 g/mol. The molecule has 0 radical (unpaired) electrons. The van der Waals surface area contributed by atoms with E-state index in [0.29, 0.717) is 12.1 Å². The highest BCUT2D eigenvalue weighted by Gasteiger charge is 2.33. The van der Waals surface area contributed by atoms with Crippen LogP contribution in [0.15, 0.2) is 23.1 Å². The smallest absolute Gasteiger partial charge is 0.258 e. The lowest BCUT2D eigenvalue weighted by atomic mass is 10.2. The fourth-order valence-corrected chi connectivity index (χ4v) is 1.40. The molecular formula is C7H4F3NO5S. The van der Waals surface area contributed by atoms with Gasteiger partial charge in [0.1, 0.15) is 4.90 Å². The van der Waals surface area contributed by atoms with Crippen LogP contribution in [0.25, 0.3) is 0 Å². The Morgan fingerprint density at radius 3 is 2.53 bits per heavy atom. The van der Waals surface area contributed by atoms with Crippen molar-refractivity contribution in [2.24, 2.45) is 0 Å². The average molecular weight is 271 g/mol. The zero-order chi connectivity index (χ0) is 13.1. The summed E-state index contributed by atoms with van der Waals surface area (Å²) in [6.07, 6.45) is -4.68. The van der Waals surface area contributed by atoms with Gasteiger partial charge in [0.2, 0.25) is 0 Å². The SMILES string of the molecule is O=[N+]([O-])c1cc(C(F)(F)F)ccc1SOOO. The Hall–Kier alpha value is -1.36. The number of hydrogen-bond donors (Lipinski definition) is 1. The van der Waals surface area contributed by atoms with Crippen molar-refractivity contribution in [2.45, 2.75) is 11.1 Å². The van der Waals surface area contributed by atoms with Gasteiger partial charge in [-0.05, 0) is 12.1 Å². The first-order chi connectivity index (χ1) is 7.86. The minimum Gasteiger partial charge on any atom is -0.258 e. The highest BCUT2D eigenvalue weighted by molar-refractivity contribution is 7.94. The molecule has 0 saturated heterocycles. The molecule has 1 aromatic carbocycles. The van der Waals surface area contributed by atoms with Crippen LogP contribution in [0.3, 0.4) is 0 Å². The third kappa shape index (κ3) is 3.56. The van der Waals surface area contributed by atoms with Gasteiger partial charge in [0.25, 0.3) is 5.69 Å². The largest absolute Gasteiger partial charge is 0.416 e. The molecule has 6 nitrogen and oxygen atoms in total. The molecule has 1 rings (SSSR count). The molecule has 0 aliphatic carbocycles. The number of rotatable bonds is 4. The second-order valence-corrected chi connectivity index (χ2v) is 3.41. The van der Waals surface area contributed by atoms with Gasteiger partial charge in [-0.2, -0.15) is 13.2 Å². The van der Waals surface area contributed by atoms with Crippen molar-refractivity contribution in [3.8, 4) is 0 Å². The number of halogens is 3. The molecule has 0 saturated carbocycles. The van der Waals surface area contributed by atoms with Crippen LogP contribution in [0.4, 0.5) is 18.9 Å². The molecule has 17 heavy (non-hydrogen) atoms. The van der Waals surface area contributed by atoms with Crippen LogP contribution in [0.1, 0.15) is 5.56 Å². The normalized spacial score (nSPS) is 11.5. The van der Waals surface area contributed by atoms with E-state index in [1.54, 1.807) is 0 Å². The standard InChI is InChI=1S/C7H4F3NO5S/c8-7(9,10)4-1-2-6(17-16-15-14)5(3-4)11(12)13/h1-3,14H. The lowest BCUT2D eigenvalue weighted by Gasteiger charge is -2.07. The van der Waals surface area contributed by atoms with Crippen molar-refractivity contribution in [1.29, 1.82) is 0 Å². The van der Waals surface area contributed by atoms with E-state index in [1.807, 2.05) is 0 Å². The molecule has 0 bridgehead atoms. The van der Waals surface area contributed by atoms with Gasteiger partial charge < -0.3 is 0 Å². The summed E-state index contributed by atoms with van der Waals surface area (Å²) in [5.41, 5.74) is -1.96. The summed E-state index contributed by atoms with van der Waals surface area (Å²) in [4.78, 5) is 9.29. The number of alkyl halides is 3. The summed E-state index contributed by atoms with van der Waals surface area (Å²) in [6, 6.07) is 1.85. The van der Waals surface area contributed by atoms with Crippen molar-refractivity contribution < 1.29 is 32.7 Å². The molecule has 0 amide bonds.